The van der Waals surface area contributed by atoms with E-state index in [1.54, 1.807) is 49.6 Å². The van der Waals surface area contributed by atoms with Crippen LogP contribution in [0.15, 0.2) is 65.7 Å². The summed E-state index contributed by atoms with van der Waals surface area (Å²) in [7, 11) is 4.61. The zero-order valence-electron chi connectivity index (χ0n) is 20.6. The van der Waals surface area contributed by atoms with Gasteiger partial charge in [-0.05, 0) is 42.8 Å². The molecule has 9 heteroatoms. The quantitative estimate of drug-likeness (QED) is 0.451. The first-order valence-corrected chi connectivity index (χ1v) is 12.1. The topological polar surface area (TPSA) is 98.2 Å². The number of carboxylic acid groups (broad SMARTS) is 1. The zero-order chi connectivity index (χ0) is 25.9. The van der Waals surface area contributed by atoms with E-state index >= 15 is 0 Å². The Morgan fingerprint density at radius 1 is 1.08 bits per heavy atom. The third-order valence-corrected chi connectivity index (χ3v) is 7.70. The van der Waals surface area contributed by atoms with Gasteiger partial charge in [0.05, 0.1) is 33.8 Å². The van der Waals surface area contributed by atoms with Crippen LogP contribution in [0.2, 0.25) is 0 Å². The molecule has 4 rings (SSSR count). The van der Waals surface area contributed by atoms with E-state index in [-0.39, 0.29) is 18.9 Å². The molecule has 2 unspecified atom stereocenters. The first kappa shape index (κ1) is 25.4. The normalized spacial score (nSPS) is 19.3. The Hall–Kier alpha value is -3.72. The first-order chi connectivity index (χ1) is 17.3. The van der Waals surface area contributed by atoms with Crippen molar-refractivity contribution in [2.75, 3.05) is 21.3 Å². The minimum Gasteiger partial charge on any atom is -0.497 e. The molecule has 0 radical (unpaired) electrons. The van der Waals surface area contributed by atoms with Crippen LogP contribution in [-0.4, -0.2) is 52.9 Å². The number of thioether (sulfide) groups is 1. The van der Waals surface area contributed by atoms with Gasteiger partial charge < -0.3 is 24.2 Å². The Morgan fingerprint density at radius 2 is 1.83 bits per heavy atom. The van der Waals surface area contributed by atoms with E-state index in [0.29, 0.717) is 22.9 Å². The predicted molar refractivity (Wildman–Crippen MR) is 136 cm³/mol. The first-order valence-electron chi connectivity index (χ1n) is 11.3. The molecular formula is C27H28N2O6S. The average molecular weight is 509 g/mol. The summed E-state index contributed by atoms with van der Waals surface area (Å²) in [6.45, 7) is 2.13. The van der Waals surface area contributed by atoms with Gasteiger partial charge in [0, 0.05) is 35.3 Å². The van der Waals surface area contributed by atoms with E-state index in [1.807, 2.05) is 37.3 Å². The fourth-order valence-electron chi connectivity index (χ4n) is 4.46. The van der Waals surface area contributed by atoms with Crippen molar-refractivity contribution in [1.82, 2.24) is 9.88 Å². The van der Waals surface area contributed by atoms with Crippen LogP contribution in [0.1, 0.15) is 29.2 Å². The summed E-state index contributed by atoms with van der Waals surface area (Å²) in [6.07, 6.45) is 1.39. The minimum atomic E-state index is -1.47. The SMILES string of the molecule is COc1ccc(CN2C(=O)CC(Sc3ccc(C)cc3)(C(=O)O)C2c2ccnc(OC)c2)c(OC)c1. The Labute approximate surface area is 214 Å². The molecule has 8 nitrogen and oxygen atoms in total. The standard InChI is InChI=1S/C27H28N2O6S/c1-17-5-9-21(10-6-17)36-27(26(31)32)15-24(30)29(25(27)18-11-12-28-23(13-18)35-4)16-19-7-8-20(33-2)14-22(19)34-3/h5-14,25H,15-16H2,1-4H3,(H,31,32). The lowest BCUT2D eigenvalue weighted by Crippen LogP contribution is -2.41. The zero-order valence-corrected chi connectivity index (χ0v) is 21.4. The molecule has 36 heavy (non-hydrogen) atoms. The second kappa shape index (κ2) is 10.5. The molecule has 0 spiro atoms. The summed E-state index contributed by atoms with van der Waals surface area (Å²) >= 11 is 1.19. The molecule has 1 aliphatic heterocycles. The number of likely N-dealkylation sites (tertiary alicyclic amines) is 1. The molecular weight excluding hydrogens is 480 g/mol. The van der Waals surface area contributed by atoms with Gasteiger partial charge in [-0.25, -0.2) is 4.98 Å². The van der Waals surface area contributed by atoms with Crippen molar-refractivity contribution in [2.24, 2.45) is 0 Å². The van der Waals surface area contributed by atoms with Gasteiger partial charge in [0.15, 0.2) is 4.75 Å². The number of aliphatic carboxylic acids is 1. The van der Waals surface area contributed by atoms with Gasteiger partial charge in [-0.3, -0.25) is 9.59 Å². The smallest absolute Gasteiger partial charge is 0.323 e. The van der Waals surface area contributed by atoms with Crippen molar-refractivity contribution < 1.29 is 28.9 Å². The van der Waals surface area contributed by atoms with Crippen molar-refractivity contribution >= 4 is 23.6 Å². The number of carbonyl (C=O) groups excluding carboxylic acids is 1. The number of nitrogens with zero attached hydrogens (tertiary/aromatic N) is 2. The van der Waals surface area contributed by atoms with Gasteiger partial charge in [-0.2, -0.15) is 0 Å². The molecule has 2 aromatic carbocycles. The lowest BCUT2D eigenvalue weighted by molar-refractivity contribution is -0.140. The highest BCUT2D eigenvalue weighted by molar-refractivity contribution is 8.01. The predicted octanol–water partition coefficient (Wildman–Crippen LogP) is 4.51. The molecule has 2 atom stereocenters. The Morgan fingerprint density at radius 3 is 2.47 bits per heavy atom. The van der Waals surface area contributed by atoms with Crippen molar-refractivity contribution in [3.05, 3.63) is 77.5 Å². The highest BCUT2D eigenvalue weighted by Crippen LogP contribution is 2.53. The molecule has 0 saturated carbocycles. The van der Waals surface area contributed by atoms with E-state index in [1.165, 1.54) is 18.9 Å². The highest BCUT2D eigenvalue weighted by atomic mass is 32.2. The molecule has 1 N–H and O–H groups in total. The summed E-state index contributed by atoms with van der Waals surface area (Å²) in [5.41, 5.74) is 2.43. The van der Waals surface area contributed by atoms with Gasteiger partial charge in [0.25, 0.3) is 0 Å². The van der Waals surface area contributed by atoms with Crippen LogP contribution in [0.4, 0.5) is 0 Å². The number of ether oxygens (including phenoxy) is 3. The molecule has 3 aromatic rings. The lowest BCUT2D eigenvalue weighted by atomic mass is 9.93. The Kier molecular flexibility index (Phi) is 7.40. The van der Waals surface area contributed by atoms with Crippen LogP contribution in [0, 0.1) is 6.92 Å². The molecule has 188 valence electrons. The number of rotatable bonds is 9. The van der Waals surface area contributed by atoms with Gasteiger partial charge in [0.2, 0.25) is 11.8 Å². The number of methoxy groups -OCH3 is 3. The molecule has 0 aliphatic carbocycles. The number of aryl methyl sites for hydroxylation is 1. The second-order valence-corrected chi connectivity index (χ2v) is 9.92. The van der Waals surface area contributed by atoms with Crippen LogP contribution in [0.5, 0.6) is 17.4 Å². The summed E-state index contributed by atoms with van der Waals surface area (Å²) < 4.78 is 14.7. The maximum Gasteiger partial charge on any atom is 0.323 e. The highest BCUT2D eigenvalue weighted by Gasteiger charge is 2.58. The van der Waals surface area contributed by atoms with Gasteiger partial charge in [-0.1, -0.05) is 17.7 Å². The summed E-state index contributed by atoms with van der Waals surface area (Å²) in [6, 6.07) is 15.6. The van der Waals surface area contributed by atoms with E-state index in [4.69, 9.17) is 14.2 Å². The van der Waals surface area contributed by atoms with Crippen LogP contribution < -0.4 is 14.2 Å². The number of benzene rings is 2. The fourth-order valence-corrected chi connectivity index (χ4v) is 5.82. The molecule has 2 heterocycles. The molecule has 0 bridgehead atoms. The van der Waals surface area contributed by atoms with E-state index in [0.717, 1.165) is 16.0 Å². The van der Waals surface area contributed by atoms with Crippen molar-refractivity contribution in [2.45, 2.75) is 35.6 Å². The average Bonchev–Trinajstić information content (AvgIpc) is 3.17. The van der Waals surface area contributed by atoms with Gasteiger partial charge in [0.1, 0.15) is 11.5 Å². The molecule has 1 fully saturated rings. The van der Waals surface area contributed by atoms with Crippen molar-refractivity contribution in [3.63, 3.8) is 0 Å². The third kappa shape index (κ3) is 4.83. The lowest BCUT2D eigenvalue weighted by Gasteiger charge is -2.35. The number of carbonyl (C=O) groups is 2. The number of pyridine rings is 1. The molecule has 1 aliphatic rings. The van der Waals surface area contributed by atoms with E-state index in [2.05, 4.69) is 4.98 Å². The van der Waals surface area contributed by atoms with Gasteiger partial charge >= 0.3 is 5.97 Å². The van der Waals surface area contributed by atoms with Gasteiger partial charge in [-0.15, -0.1) is 11.8 Å². The molecule has 1 aromatic heterocycles. The number of amides is 1. The monoisotopic (exact) mass is 508 g/mol. The van der Waals surface area contributed by atoms with E-state index < -0.39 is 16.8 Å². The molecule has 1 amide bonds. The Balaban J connectivity index is 1.83. The summed E-state index contributed by atoms with van der Waals surface area (Å²) in [4.78, 5) is 33.1. The van der Waals surface area contributed by atoms with Crippen molar-refractivity contribution in [1.29, 1.82) is 0 Å². The fraction of sp³-hybridized carbons (Fsp3) is 0.296. The molecule has 1 saturated heterocycles. The number of hydrogen-bond acceptors (Lipinski definition) is 7. The Bertz CT molecular complexity index is 1270. The summed E-state index contributed by atoms with van der Waals surface area (Å²) in [5, 5.41) is 10.6. The maximum absolute atomic E-state index is 13.5. The second-order valence-electron chi connectivity index (χ2n) is 8.52. The number of carboxylic acids is 1. The van der Waals surface area contributed by atoms with E-state index in [9.17, 15) is 14.7 Å². The van der Waals surface area contributed by atoms with Crippen molar-refractivity contribution in [3.8, 4) is 17.4 Å². The minimum absolute atomic E-state index is 0.158. The van der Waals surface area contributed by atoms with Crippen LogP contribution in [0.25, 0.3) is 0 Å². The van der Waals surface area contributed by atoms with Crippen LogP contribution in [0.3, 0.4) is 0 Å². The summed E-state index contributed by atoms with van der Waals surface area (Å²) in [5.74, 6) is 0.177. The third-order valence-electron chi connectivity index (χ3n) is 6.29. The largest absolute Gasteiger partial charge is 0.497 e. The number of aromatic nitrogens is 1. The number of hydrogen-bond donors (Lipinski definition) is 1. The maximum atomic E-state index is 13.5. The van der Waals surface area contributed by atoms with Crippen LogP contribution in [-0.2, 0) is 16.1 Å². The van der Waals surface area contributed by atoms with Crippen LogP contribution >= 0.6 is 11.8 Å².